The number of rotatable bonds is 2. The second kappa shape index (κ2) is 8.71. The van der Waals surface area contributed by atoms with E-state index < -0.39 is 11.4 Å². The van der Waals surface area contributed by atoms with Gasteiger partial charge in [-0.1, -0.05) is 0 Å². The van der Waals surface area contributed by atoms with Crippen molar-refractivity contribution in [2.45, 2.75) is 32.8 Å². The Balaban J connectivity index is 1.28. The van der Waals surface area contributed by atoms with Gasteiger partial charge in [-0.25, -0.2) is 23.9 Å². The predicted molar refractivity (Wildman–Crippen MR) is 129 cm³/mol. The Morgan fingerprint density at radius 1 is 1.09 bits per heavy atom. The topological polar surface area (TPSA) is 95.3 Å². The molecule has 3 amide bonds. The lowest BCUT2D eigenvalue weighted by Gasteiger charge is -2.37. The van der Waals surface area contributed by atoms with Gasteiger partial charge in [0, 0.05) is 74.8 Å². The molecule has 0 radical (unpaired) electrons. The van der Waals surface area contributed by atoms with E-state index in [0.717, 1.165) is 11.3 Å². The highest BCUT2D eigenvalue weighted by molar-refractivity contribution is 6.03. The Labute approximate surface area is 202 Å². The zero-order valence-electron chi connectivity index (χ0n) is 20.0. The van der Waals surface area contributed by atoms with E-state index in [-0.39, 0.29) is 17.8 Å². The standard InChI is InChI=1S/C24H28FN7O3/c1-24(2,3)35-23(34)30-12-10-29(11-13-30)19-4-6-26-20-17(19)5-8-32(20)22(33)28-16-14-18(25)21-27-7-9-31(21)15-16/h4,6-7,9,14-15H,5,8,10-13H2,1-3H3,(H,28,33). The van der Waals surface area contributed by atoms with Crippen molar-refractivity contribution in [2.75, 3.05) is 47.8 Å². The van der Waals surface area contributed by atoms with E-state index in [1.807, 2.05) is 26.8 Å². The number of nitrogens with one attached hydrogen (secondary N) is 1. The molecule has 3 aromatic rings. The molecule has 0 spiro atoms. The third-order valence-corrected chi connectivity index (χ3v) is 6.06. The van der Waals surface area contributed by atoms with Gasteiger partial charge in [0.15, 0.2) is 11.5 Å². The summed E-state index contributed by atoms with van der Waals surface area (Å²) in [6, 6.07) is 2.83. The fourth-order valence-electron chi connectivity index (χ4n) is 4.47. The fraction of sp³-hybridized carbons (Fsp3) is 0.417. The number of halogens is 1. The maximum atomic E-state index is 14.3. The smallest absolute Gasteiger partial charge is 0.410 e. The Morgan fingerprint density at radius 2 is 1.86 bits per heavy atom. The van der Waals surface area contributed by atoms with Crippen LogP contribution in [0.2, 0.25) is 0 Å². The molecule has 1 fully saturated rings. The molecular formula is C24H28FN7O3. The third-order valence-electron chi connectivity index (χ3n) is 6.06. The largest absolute Gasteiger partial charge is 0.444 e. The molecule has 5 heterocycles. The van der Waals surface area contributed by atoms with Crippen LogP contribution in [-0.4, -0.2) is 69.7 Å². The van der Waals surface area contributed by atoms with Crippen LogP contribution < -0.4 is 15.1 Å². The Morgan fingerprint density at radius 3 is 2.60 bits per heavy atom. The molecule has 0 bridgehead atoms. The highest BCUT2D eigenvalue weighted by Crippen LogP contribution is 2.34. The molecule has 0 atom stereocenters. The molecule has 0 aromatic carbocycles. The minimum atomic E-state index is -0.527. The van der Waals surface area contributed by atoms with Crippen molar-refractivity contribution in [3.8, 4) is 0 Å². The number of fused-ring (bicyclic) bond motifs is 2. The fourth-order valence-corrected chi connectivity index (χ4v) is 4.47. The summed E-state index contributed by atoms with van der Waals surface area (Å²) in [5.41, 5.74) is 2.01. The molecule has 0 aliphatic carbocycles. The maximum absolute atomic E-state index is 14.3. The van der Waals surface area contributed by atoms with Gasteiger partial charge in [-0.2, -0.15) is 0 Å². The molecule has 2 aliphatic heterocycles. The summed E-state index contributed by atoms with van der Waals surface area (Å²) in [4.78, 5) is 39.4. The highest BCUT2D eigenvalue weighted by Gasteiger charge is 2.32. The summed E-state index contributed by atoms with van der Waals surface area (Å²) in [7, 11) is 0. The molecule has 11 heteroatoms. The van der Waals surface area contributed by atoms with Gasteiger partial charge in [0.1, 0.15) is 11.4 Å². The summed E-state index contributed by atoms with van der Waals surface area (Å²) in [5, 5.41) is 2.77. The molecule has 0 saturated carbocycles. The van der Waals surface area contributed by atoms with Gasteiger partial charge in [0.25, 0.3) is 0 Å². The van der Waals surface area contributed by atoms with Gasteiger partial charge < -0.3 is 24.3 Å². The van der Waals surface area contributed by atoms with Crippen molar-refractivity contribution in [1.29, 1.82) is 0 Å². The van der Waals surface area contributed by atoms with Crippen molar-refractivity contribution >= 4 is 35.0 Å². The van der Waals surface area contributed by atoms with Gasteiger partial charge in [-0.15, -0.1) is 0 Å². The summed E-state index contributed by atoms with van der Waals surface area (Å²) in [6.07, 6.45) is 6.79. The van der Waals surface area contributed by atoms with Gasteiger partial charge >= 0.3 is 12.1 Å². The number of pyridine rings is 2. The number of urea groups is 1. The van der Waals surface area contributed by atoms with Gasteiger partial charge in [-0.3, -0.25) is 4.90 Å². The van der Waals surface area contributed by atoms with Crippen LogP contribution >= 0.6 is 0 Å². The number of hydrogen-bond acceptors (Lipinski definition) is 6. The van der Waals surface area contributed by atoms with Crippen molar-refractivity contribution in [3.05, 3.63) is 48.3 Å². The molecule has 2 aliphatic rings. The molecule has 3 aromatic heterocycles. The van der Waals surface area contributed by atoms with Crippen LogP contribution in [0.4, 0.5) is 31.2 Å². The Kier molecular flexibility index (Phi) is 5.70. The van der Waals surface area contributed by atoms with E-state index in [1.165, 1.54) is 16.7 Å². The minimum absolute atomic E-state index is 0.201. The van der Waals surface area contributed by atoms with Gasteiger partial charge in [0.2, 0.25) is 0 Å². The van der Waals surface area contributed by atoms with Crippen LogP contribution in [-0.2, 0) is 11.2 Å². The maximum Gasteiger partial charge on any atom is 0.410 e. The van der Waals surface area contributed by atoms with Crippen LogP contribution in [0.1, 0.15) is 26.3 Å². The lowest BCUT2D eigenvalue weighted by molar-refractivity contribution is 0.0240. The Bertz CT molecular complexity index is 1280. The zero-order valence-corrected chi connectivity index (χ0v) is 20.0. The van der Waals surface area contributed by atoms with Crippen molar-refractivity contribution in [3.63, 3.8) is 0 Å². The summed E-state index contributed by atoms with van der Waals surface area (Å²) >= 11 is 0. The molecule has 1 N–H and O–H groups in total. The van der Waals surface area contributed by atoms with Crippen LogP contribution in [0, 0.1) is 5.82 Å². The quantitative estimate of drug-likeness (QED) is 0.602. The SMILES string of the molecule is CC(C)(C)OC(=O)N1CCN(c2ccnc3c2CCN3C(=O)Nc2cc(F)c3nccn3c2)CC1. The minimum Gasteiger partial charge on any atom is -0.444 e. The van der Waals surface area contributed by atoms with E-state index in [1.54, 1.807) is 28.4 Å². The number of hydrogen-bond donors (Lipinski definition) is 1. The lowest BCUT2D eigenvalue weighted by Crippen LogP contribution is -2.50. The average Bonchev–Trinajstić information content (AvgIpc) is 3.45. The van der Waals surface area contributed by atoms with E-state index >= 15 is 0 Å². The highest BCUT2D eigenvalue weighted by atomic mass is 19.1. The third kappa shape index (κ3) is 4.58. The second-order valence-corrected chi connectivity index (χ2v) is 9.65. The summed E-state index contributed by atoms with van der Waals surface area (Å²) in [5.74, 6) is 0.0827. The number of amides is 3. The molecule has 35 heavy (non-hydrogen) atoms. The zero-order chi connectivity index (χ0) is 24.7. The van der Waals surface area contributed by atoms with Gasteiger partial charge in [0.05, 0.1) is 5.69 Å². The first-order valence-electron chi connectivity index (χ1n) is 11.6. The summed E-state index contributed by atoms with van der Waals surface area (Å²) < 4.78 is 21.3. The molecule has 1 saturated heterocycles. The number of nitrogens with zero attached hydrogens (tertiary/aromatic N) is 6. The number of imidazole rings is 1. The average molecular weight is 482 g/mol. The van der Waals surface area contributed by atoms with Crippen LogP contribution in [0.5, 0.6) is 0 Å². The van der Waals surface area contributed by atoms with Crippen LogP contribution in [0.3, 0.4) is 0 Å². The molecule has 10 nitrogen and oxygen atoms in total. The molecular weight excluding hydrogens is 453 g/mol. The van der Waals surface area contributed by atoms with E-state index in [9.17, 15) is 14.0 Å². The van der Waals surface area contributed by atoms with Crippen molar-refractivity contribution in [2.24, 2.45) is 0 Å². The number of aromatic nitrogens is 3. The first-order valence-corrected chi connectivity index (χ1v) is 11.6. The normalized spacial score (nSPS) is 15.9. The number of piperazine rings is 1. The number of ether oxygens (including phenoxy) is 1. The first-order chi connectivity index (χ1) is 16.7. The van der Waals surface area contributed by atoms with E-state index in [0.29, 0.717) is 50.6 Å². The predicted octanol–water partition coefficient (Wildman–Crippen LogP) is 3.52. The monoisotopic (exact) mass is 481 g/mol. The van der Waals surface area contributed by atoms with Crippen molar-refractivity contribution < 1.29 is 18.7 Å². The number of carbonyl (C=O) groups excluding carboxylic acids is 2. The van der Waals surface area contributed by atoms with Crippen LogP contribution in [0.15, 0.2) is 36.9 Å². The van der Waals surface area contributed by atoms with Gasteiger partial charge in [-0.05, 0) is 33.3 Å². The van der Waals surface area contributed by atoms with Crippen LogP contribution in [0.25, 0.3) is 5.65 Å². The molecule has 5 rings (SSSR count). The number of carbonyl (C=O) groups is 2. The lowest BCUT2D eigenvalue weighted by atomic mass is 10.1. The summed E-state index contributed by atoms with van der Waals surface area (Å²) in [6.45, 7) is 8.47. The van der Waals surface area contributed by atoms with E-state index in [2.05, 4.69) is 20.2 Å². The first kappa shape index (κ1) is 22.9. The molecule has 0 unspecified atom stereocenters. The second-order valence-electron chi connectivity index (χ2n) is 9.65. The Hall–Kier alpha value is -3.89. The van der Waals surface area contributed by atoms with Crippen molar-refractivity contribution in [1.82, 2.24) is 19.3 Å². The number of anilines is 3. The van der Waals surface area contributed by atoms with E-state index in [4.69, 9.17) is 4.74 Å². The molecule has 184 valence electrons.